The van der Waals surface area contributed by atoms with E-state index in [2.05, 4.69) is 21.8 Å². The molecule has 0 amide bonds. The number of hydrogen-bond acceptors (Lipinski definition) is 10. The summed E-state index contributed by atoms with van der Waals surface area (Å²) in [5.41, 5.74) is -2.74. The van der Waals surface area contributed by atoms with Gasteiger partial charge in [-0.25, -0.2) is 14.0 Å². The number of carbonyl (C=O) groups is 1. The fourth-order valence-electron chi connectivity index (χ4n) is 6.38. The molecule has 5 aromatic rings. The SMILES string of the molecule is CCCCCCCCCC(=O)n1nc(N2CCN(CCn3c(=O)c4ccc5oc(=O)ccc(=O)oc5c4c3=O)CC2)c2ccc(F)cc21. The fraction of sp³-hybridized carbons (Fsp3) is 0.429. The summed E-state index contributed by atoms with van der Waals surface area (Å²) in [4.78, 5) is 68.0. The highest BCUT2D eigenvalue weighted by molar-refractivity contribution is 6.01. The quantitative estimate of drug-likeness (QED) is 0.176. The normalized spacial score (nSPS) is 14.0. The Hall–Kier alpha value is -4.91. The highest BCUT2D eigenvalue weighted by atomic mass is 19.1. The van der Waals surface area contributed by atoms with E-state index in [4.69, 9.17) is 8.83 Å². The lowest BCUT2D eigenvalue weighted by Crippen LogP contribution is -2.48. The number of hydrogen-bond donors (Lipinski definition) is 0. The molecule has 1 fully saturated rings. The van der Waals surface area contributed by atoms with Gasteiger partial charge in [0.2, 0.25) is 5.91 Å². The van der Waals surface area contributed by atoms with Crippen LogP contribution < -0.4 is 27.3 Å². The summed E-state index contributed by atoms with van der Waals surface area (Å²) >= 11 is 0. The minimum Gasteiger partial charge on any atom is -0.419 e. The summed E-state index contributed by atoms with van der Waals surface area (Å²) < 4.78 is 27.2. The number of fused-ring (bicyclic) bond motifs is 4. The Balaban J connectivity index is 1.14. The van der Waals surface area contributed by atoms with Gasteiger partial charge in [0.1, 0.15) is 5.82 Å². The van der Waals surface area contributed by atoms with Crippen molar-refractivity contribution in [2.75, 3.05) is 37.6 Å². The molecule has 0 spiro atoms. The lowest BCUT2D eigenvalue weighted by molar-refractivity contribution is 0.0889. The molecule has 0 aliphatic carbocycles. The molecule has 1 aliphatic rings. The zero-order valence-corrected chi connectivity index (χ0v) is 26.9. The summed E-state index contributed by atoms with van der Waals surface area (Å²) in [6.45, 7) is 5.01. The van der Waals surface area contributed by atoms with E-state index < -0.39 is 28.2 Å². The topological polar surface area (TPSA) is 141 Å². The van der Waals surface area contributed by atoms with Gasteiger partial charge in [-0.1, -0.05) is 45.4 Å². The first-order chi connectivity index (χ1) is 23.2. The Morgan fingerprint density at radius 3 is 2.23 bits per heavy atom. The Kier molecular flexibility index (Phi) is 9.95. The van der Waals surface area contributed by atoms with E-state index in [0.29, 0.717) is 55.9 Å². The second-order valence-electron chi connectivity index (χ2n) is 12.2. The maximum atomic E-state index is 14.3. The second-order valence-corrected chi connectivity index (χ2v) is 12.2. The van der Waals surface area contributed by atoms with Gasteiger partial charge in [0.25, 0.3) is 11.1 Å². The Labute approximate surface area is 274 Å². The van der Waals surface area contributed by atoms with Gasteiger partial charge < -0.3 is 13.7 Å². The van der Waals surface area contributed by atoms with Crippen molar-refractivity contribution in [3.63, 3.8) is 0 Å². The molecule has 13 heteroatoms. The molecular weight excluding hydrogens is 621 g/mol. The average molecular weight is 660 g/mol. The molecule has 4 heterocycles. The highest BCUT2D eigenvalue weighted by Gasteiger charge is 2.25. The molecular formula is C35H38FN5O7. The van der Waals surface area contributed by atoms with Crippen molar-refractivity contribution in [1.29, 1.82) is 0 Å². The minimum absolute atomic E-state index is 0.0670. The first-order valence-electron chi connectivity index (χ1n) is 16.6. The van der Waals surface area contributed by atoms with Crippen molar-refractivity contribution < 1.29 is 18.0 Å². The van der Waals surface area contributed by atoms with Crippen LogP contribution in [0.15, 0.2) is 70.5 Å². The monoisotopic (exact) mass is 659 g/mol. The van der Waals surface area contributed by atoms with Crippen LogP contribution in [0, 0.1) is 5.82 Å². The molecule has 0 N–H and O–H groups in total. The van der Waals surface area contributed by atoms with Crippen LogP contribution in [0.4, 0.5) is 10.2 Å². The number of halogens is 1. The number of benzene rings is 2. The molecule has 12 nitrogen and oxygen atoms in total. The van der Waals surface area contributed by atoms with Crippen molar-refractivity contribution in [2.45, 2.75) is 64.8 Å². The number of carbonyl (C=O) groups excluding carboxylic acids is 1. The van der Waals surface area contributed by atoms with Gasteiger partial charge in [0, 0.05) is 69.3 Å². The van der Waals surface area contributed by atoms with Crippen molar-refractivity contribution >= 4 is 44.6 Å². The van der Waals surface area contributed by atoms with Gasteiger partial charge in [-0.2, -0.15) is 4.68 Å². The predicted molar refractivity (Wildman–Crippen MR) is 181 cm³/mol. The molecule has 0 atom stereocenters. The Morgan fingerprint density at radius 2 is 1.48 bits per heavy atom. The van der Waals surface area contributed by atoms with Crippen LogP contribution in [0.5, 0.6) is 0 Å². The van der Waals surface area contributed by atoms with Crippen LogP contribution in [-0.2, 0) is 6.54 Å². The standard InChI is InChI=1S/C35H38FN5O7/c1-2-3-4-5-6-7-8-9-28(42)41-26-22-23(36)10-11-24(26)33(37-41)39-19-16-38(17-20-39)18-21-40-34(45)25-12-13-27-32(31(25)35(40)46)48-30(44)15-14-29(43)47-27/h10-15,22H,2-9,16-21H2,1H3. The third-order valence-electron chi connectivity index (χ3n) is 8.99. The lowest BCUT2D eigenvalue weighted by Gasteiger charge is -2.35. The number of piperazine rings is 1. The van der Waals surface area contributed by atoms with Crippen LogP contribution in [-0.4, -0.2) is 57.9 Å². The molecule has 1 saturated heterocycles. The molecule has 48 heavy (non-hydrogen) atoms. The predicted octanol–water partition coefficient (Wildman–Crippen LogP) is 4.51. The summed E-state index contributed by atoms with van der Waals surface area (Å²) in [7, 11) is 0. The van der Waals surface area contributed by atoms with Crippen molar-refractivity contribution in [1.82, 2.24) is 19.2 Å². The maximum absolute atomic E-state index is 14.3. The first kappa shape index (κ1) is 33.0. The molecule has 0 unspecified atom stereocenters. The van der Waals surface area contributed by atoms with E-state index in [1.165, 1.54) is 54.6 Å². The van der Waals surface area contributed by atoms with Gasteiger partial charge >= 0.3 is 11.3 Å². The van der Waals surface area contributed by atoms with Gasteiger partial charge in [-0.15, -0.1) is 5.10 Å². The zero-order chi connectivity index (χ0) is 33.8. The van der Waals surface area contributed by atoms with E-state index in [-0.39, 0.29) is 34.4 Å². The van der Waals surface area contributed by atoms with Crippen LogP contribution in [0.3, 0.4) is 0 Å². The van der Waals surface area contributed by atoms with Gasteiger partial charge in [0.05, 0.1) is 16.3 Å². The van der Waals surface area contributed by atoms with Crippen LogP contribution in [0.25, 0.3) is 32.8 Å². The van der Waals surface area contributed by atoms with E-state index in [9.17, 15) is 28.4 Å². The summed E-state index contributed by atoms with van der Waals surface area (Å²) in [6, 6.07) is 8.92. The molecule has 3 aromatic heterocycles. The summed E-state index contributed by atoms with van der Waals surface area (Å²) in [5.74, 6) is 0.0424. The molecule has 2 aromatic carbocycles. The van der Waals surface area contributed by atoms with Crippen LogP contribution >= 0.6 is 0 Å². The van der Waals surface area contributed by atoms with Crippen LogP contribution in [0.2, 0.25) is 0 Å². The molecule has 1 aliphatic heterocycles. The summed E-state index contributed by atoms with van der Waals surface area (Å²) in [5, 5.41) is 5.33. The first-order valence-corrected chi connectivity index (χ1v) is 16.6. The van der Waals surface area contributed by atoms with Gasteiger partial charge in [-0.05, 0) is 30.7 Å². The molecule has 0 saturated carbocycles. The fourth-order valence-corrected chi connectivity index (χ4v) is 6.38. The van der Waals surface area contributed by atoms with E-state index in [0.717, 1.165) is 36.0 Å². The number of aromatic nitrogens is 3. The summed E-state index contributed by atoms with van der Waals surface area (Å²) in [6.07, 6.45) is 7.98. The molecule has 252 valence electrons. The van der Waals surface area contributed by atoms with Gasteiger partial charge in [0.15, 0.2) is 17.0 Å². The highest BCUT2D eigenvalue weighted by Crippen LogP contribution is 2.28. The Bertz CT molecular complexity index is 2210. The zero-order valence-electron chi connectivity index (χ0n) is 26.9. The van der Waals surface area contributed by atoms with Crippen molar-refractivity contribution in [3.05, 3.63) is 89.8 Å². The van der Waals surface area contributed by atoms with E-state index in [1.54, 1.807) is 6.07 Å². The third-order valence-corrected chi connectivity index (χ3v) is 8.99. The number of unbranched alkanes of at least 4 members (excludes halogenated alkanes) is 6. The van der Waals surface area contributed by atoms with Crippen molar-refractivity contribution in [2.24, 2.45) is 0 Å². The third kappa shape index (κ3) is 6.86. The number of anilines is 1. The minimum atomic E-state index is -0.863. The number of rotatable bonds is 12. The van der Waals surface area contributed by atoms with Gasteiger partial charge in [-0.3, -0.25) is 23.9 Å². The second kappa shape index (κ2) is 14.5. The van der Waals surface area contributed by atoms with E-state index >= 15 is 0 Å². The lowest BCUT2D eigenvalue weighted by atomic mass is 10.1. The molecule has 0 bridgehead atoms. The average Bonchev–Trinajstić information content (AvgIpc) is 3.56. The van der Waals surface area contributed by atoms with E-state index in [1.807, 2.05) is 0 Å². The maximum Gasteiger partial charge on any atom is 0.336 e. The number of nitrogens with zero attached hydrogens (tertiary/aromatic N) is 5. The van der Waals surface area contributed by atoms with Crippen LogP contribution in [0.1, 0.15) is 63.1 Å². The smallest absolute Gasteiger partial charge is 0.336 e. The largest absolute Gasteiger partial charge is 0.419 e. The molecule has 0 radical (unpaired) electrons. The van der Waals surface area contributed by atoms with Crippen molar-refractivity contribution in [3.8, 4) is 0 Å². The molecule has 6 rings (SSSR count). The Morgan fingerprint density at radius 1 is 0.792 bits per heavy atom.